The van der Waals surface area contributed by atoms with Gasteiger partial charge in [-0.05, 0) is 47.9 Å². The quantitative estimate of drug-likeness (QED) is 0.848. The Bertz CT molecular complexity index is 589. The van der Waals surface area contributed by atoms with Gasteiger partial charge in [0, 0.05) is 5.54 Å². The van der Waals surface area contributed by atoms with E-state index in [-0.39, 0.29) is 0 Å². The van der Waals surface area contributed by atoms with Crippen molar-refractivity contribution >= 4 is 0 Å². The van der Waals surface area contributed by atoms with Gasteiger partial charge < -0.3 is 5.32 Å². The summed E-state index contributed by atoms with van der Waals surface area (Å²) in [4.78, 5) is 0. The molecule has 20 heavy (non-hydrogen) atoms. The molecule has 4 rings (SSSR count). The van der Waals surface area contributed by atoms with Crippen molar-refractivity contribution in [2.75, 3.05) is 0 Å². The molecule has 0 atom stereocenters. The summed E-state index contributed by atoms with van der Waals surface area (Å²) in [6.07, 6.45) is 5.25. The van der Waals surface area contributed by atoms with Gasteiger partial charge in [-0.25, -0.2) is 0 Å². The molecule has 1 nitrogen and oxygen atoms in total. The standard InChI is InChI=1S/C19H21N/c1-2-19(12-7-13-19)20-18-16-10-5-3-8-14(16)15-9-4-6-11-17(15)18/h3-6,8-11,18,20H,2,7,12-13H2,1H3. The maximum atomic E-state index is 3.99. The van der Waals surface area contributed by atoms with Crippen molar-refractivity contribution in [1.29, 1.82) is 0 Å². The van der Waals surface area contributed by atoms with Crippen LogP contribution in [0.15, 0.2) is 48.5 Å². The topological polar surface area (TPSA) is 12.0 Å². The van der Waals surface area contributed by atoms with Crippen molar-refractivity contribution in [2.45, 2.75) is 44.2 Å². The van der Waals surface area contributed by atoms with E-state index in [2.05, 4.69) is 60.8 Å². The molecule has 0 radical (unpaired) electrons. The zero-order valence-electron chi connectivity index (χ0n) is 12.0. The van der Waals surface area contributed by atoms with Crippen LogP contribution in [0, 0.1) is 0 Å². The minimum Gasteiger partial charge on any atom is -0.301 e. The first-order valence-corrected chi connectivity index (χ1v) is 7.79. The lowest BCUT2D eigenvalue weighted by Crippen LogP contribution is -2.51. The number of hydrogen-bond acceptors (Lipinski definition) is 1. The fraction of sp³-hybridized carbons (Fsp3) is 0.368. The highest BCUT2D eigenvalue weighted by molar-refractivity contribution is 5.78. The number of hydrogen-bond donors (Lipinski definition) is 1. The zero-order valence-corrected chi connectivity index (χ0v) is 12.0. The molecule has 0 spiro atoms. The van der Waals surface area contributed by atoms with Crippen LogP contribution in [-0.2, 0) is 0 Å². The Hall–Kier alpha value is -1.60. The van der Waals surface area contributed by atoms with E-state index in [1.807, 2.05) is 0 Å². The second kappa shape index (κ2) is 4.46. The summed E-state index contributed by atoms with van der Waals surface area (Å²) < 4.78 is 0. The Labute approximate surface area is 121 Å². The second-order valence-electron chi connectivity index (χ2n) is 6.24. The summed E-state index contributed by atoms with van der Waals surface area (Å²) in [7, 11) is 0. The molecule has 2 aliphatic rings. The predicted octanol–water partition coefficient (Wildman–Crippen LogP) is 4.68. The second-order valence-corrected chi connectivity index (χ2v) is 6.24. The van der Waals surface area contributed by atoms with Gasteiger partial charge in [0.1, 0.15) is 0 Å². The fourth-order valence-electron chi connectivity index (χ4n) is 3.82. The average molecular weight is 263 g/mol. The van der Waals surface area contributed by atoms with Crippen LogP contribution in [0.4, 0.5) is 0 Å². The molecule has 2 aromatic rings. The first-order chi connectivity index (χ1) is 9.83. The van der Waals surface area contributed by atoms with Gasteiger partial charge in [0.15, 0.2) is 0 Å². The van der Waals surface area contributed by atoms with Crippen LogP contribution >= 0.6 is 0 Å². The van der Waals surface area contributed by atoms with Crippen molar-refractivity contribution in [2.24, 2.45) is 0 Å². The van der Waals surface area contributed by atoms with Gasteiger partial charge in [-0.15, -0.1) is 0 Å². The van der Waals surface area contributed by atoms with E-state index in [0.717, 1.165) is 0 Å². The van der Waals surface area contributed by atoms with E-state index in [1.165, 1.54) is 47.9 Å². The summed E-state index contributed by atoms with van der Waals surface area (Å²) in [6, 6.07) is 18.1. The molecule has 1 N–H and O–H groups in total. The number of nitrogens with one attached hydrogen (secondary N) is 1. The third kappa shape index (κ3) is 1.66. The van der Waals surface area contributed by atoms with Gasteiger partial charge in [-0.2, -0.15) is 0 Å². The molecule has 0 unspecified atom stereocenters. The third-order valence-electron chi connectivity index (χ3n) is 5.27. The molecule has 2 aromatic carbocycles. The Morgan fingerprint density at radius 2 is 1.50 bits per heavy atom. The molecule has 0 heterocycles. The van der Waals surface area contributed by atoms with E-state index < -0.39 is 0 Å². The molecule has 0 aromatic heterocycles. The largest absolute Gasteiger partial charge is 0.301 e. The molecule has 2 aliphatic carbocycles. The van der Waals surface area contributed by atoms with Gasteiger partial charge in [-0.3, -0.25) is 0 Å². The van der Waals surface area contributed by atoms with Crippen LogP contribution in [0.3, 0.4) is 0 Å². The van der Waals surface area contributed by atoms with Gasteiger partial charge in [0.05, 0.1) is 6.04 Å². The van der Waals surface area contributed by atoms with Gasteiger partial charge in [-0.1, -0.05) is 55.5 Å². The van der Waals surface area contributed by atoms with Crippen molar-refractivity contribution < 1.29 is 0 Å². The molecule has 0 saturated heterocycles. The number of benzene rings is 2. The maximum Gasteiger partial charge on any atom is 0.0593 e. The van der Waals surface area contributed by atoms with Gasteiger partial charge in [0.25, 0.3) is 0 Å². The number of fused-ring (bicyclic) bond motifs is 3. The molecule has 0 aliphatic heterocycles. The van der Waals surface area contributed by atoms with E-state index in [1.54, 1.807) is 0 Å². The summed E-state index contributed by atoms with van der Waals surface area (Å²) >= 11 is 0. The van der Waals surface area contributed by atoms with E-state index >= 15 is 0 Å². The van der Waals surface area contributed by atoms with Crippen molar-refractivity contribution in [1.82, 2.24) is 5.32 Å². The van der Waals surface area contributed by atoms with Crippen LogP contribution in [-0.4, -0.2) is 5.54 Å². The first kappa shape index (κ1) is 12.2. The highest BCUT2D eigenvalue weighted by atomic mass is 15.0. The average Bonchev–Trinajstić information content (AvgIpc) is 2.77. The summed E-state index contributed by atoms with van der Waals surface area (Å²) in [5, 5.41) is 3.99. The van der Waals surface area contributed by atoms with Crippen molar-refractivity contribution in [3.63, 3.8) is 0 Å². The molecule has 1 fully saturated rings. The lowest BCUT2D eigenvalue weighted by atomic mass is 9.74. The van der Waals surface area contributed by atoms with Gasteiger partial charge >= 0.3 is 0 Å². The molecule has 0 bridgehead atoms. The molecule has 1 heteroatoms. The first-order valence-electron chi connectivity index (χ1n) is 7.79. The SMILES string of the molecule is CCC1(NC2c3ccccc3-c3ccccc32)CCC1. The Kier molecular flexibility index (Phi) is 2.71. The molecular weight excluding hydrogens is 242 g/mol. The van der Waals surface area contributed by atoms with E-state index in [9.17, 15) is 0 Å². The van der Waals surface area contributed by atoms with Crippen LogP contribution in [0.2, 0.25) is 0 Å². The van der Waals surface area contributed by atoms with E-state index in [0.29, 0.717) is 11.6 Å². The highest BCUT2D eigenvalue weighted by Crippen LogP contribution is 2.46. The van der Waals surface area contributed by atoms with E-state index in [4.69, 9.17) is 0 Å². The summed E-state index contributed by atoms with van der Waals surface area (Å²) in [6.45, 7) is 2.32. The summed E-state index contributed by atoms with van der Waals surface area (Å²) in [5.41, 5.74) is 6.09. The van der Waals surface area contributed by atoms with Gasteiger partial charge in [0.2, 0.25) is 0 Å². The van der Waals surface area contributed by atoms with Crippen LogP contribution < -0.4 is 5.32 Å². The third-order valence-corrected chi connectivity index (χ3v) is 5.27. The Morgan fingerprint density at radius 1 is 0.950 bits per heavy atom. The molecular formula is C19H21N. The highest BCUT2D eigenvalue weighted by Gasteiger charge is 2.39. The van der Waals surface area contributed by atoms with Crippen LogP contribution in [0.1, 0.15) is 49.8 Å². The Balaban J connectivity index is 1.79. The van der Waals surface area contributed by atoms with Crippen molar-refractivity contribution in [3.8, 4) is 11.1 Å². The number of rotatable bonds is 3. The lowest BCUT2D eigenvalue weighted by Gasteiger charge is -2.44. The molecule has 102 valence electrons. The summed E-state index contributed by atoms with van der Waals surface area (Å²) in [5.74, 6) is 0. The minimum absolute atomic E-state index is 0.370. The fourth-order valence-corrected chi connectivity index (χ4v) is 3.82. The Morgan fingerprint density at radius 3 is 1.95 bits per heavy atom. The van der Waals surface area contributed by atoms with Crippen LogP contribution in [0.25, 0.3) is 11.1 Å². The monoisotopic (exact) mass is 263 g/mol. The van der Waals surface area contributed by atoms with Crippen molar-refractivity contribution in [3.05, 3.63) is 59.7 Å². The lowest BCUT2D eigenvalue weighted by molar-refractivity contribution is 0.165. The maximum absolute atomic E-state index is 3.99. The molecule has 0 amide bonds. The zero-order chi connectivity index (χ0) is 13.6. The smallest absolute Gasteiger partial charge is 0.0593 e. The molecule has 1 saturated carbocycles. The predicted molar refractivity (Wildman–Crippen MR) is 83.7 cm³/mol. The normalized spacial score (nSPS) is 19.2. The van der Waals surface area contributed by atoms with Crippen LogP contribution in [0.5, 0.6) is 0 Å². The minimum atomic E-state index is 0.370.